The van der Waals surface area contributed by atoms with Crippen molar-refractivity contribution in [1.29, 1.82) is 0 Å². The average molecular weight is 345 g/mol. The molecule has 1 spiro atoms. The molecule has 1 aliphatic carbocycles. The Labute approximate surface area is 141 Å². The summed E-state index contributed by atoms with van der Waals surface area (Å²) >= 11 is 0. The quantitative estimate of drug-likeness (QED) is 0.894. The highest BCUT2D eigenvalue weighted by molar-refractivity contribution is 5.79. The maximum absolute atomic E-state index is 12.4. The summed E-state index contributed by atoms with van der Waals surface area (Å²) in [5.41, 5.74) is 2.81. The highest BCUT2D eigenvalue weighted by atomic mass is 19.4. The number of amides is 1. The first-order chi connectivity index (χ1) is 11.4. The Morgan fingerprint density at radius 3 is 2.25 bits per heavy atom. The zero-order valence-corrected chi connectivity index (χ0v) is 14.7. The maximum atomic E-state index is 12.4. The monoisotopic (exact) mass is 345 g/mol. The van der Waals surface area contributed by atoms with Gasteiger partial charge in [0.15, 0.2) is 0 Å². The molecule has 1 aromatic rings. The van der Waals surface area contributed by atoms with Gasteiger partial charge in [0.1, 0.15) is 0 Å². The Morgan fingerprint density at radius 1 is 1.21 bits per heavy atom. The van der Waals surface area contributed by atoms with Crippen molar-refractivity contribution < 1.29 is 18.0 Å². The lowest BCUT2D eigenvalue weighted by Gasteiger charge is -2.17. The lowest BCUT2D eigenvalue weighted by molar-refractivity contribution is -0.137. The summed E-state index contributed by atoms with van der Waals surface area (Å²) in [4.78, 5) is 15.5. The third kappa shape index (κ3) is 5.19. The van der Waals surface area contributed by atoms with Crippen LogP contribution in [0.5, 0.6) is 0 Å². The predicted molar refractivity (Wildman–Crippen MR) is 86.8 cm³/mol. The van der Waals surface area contributed by atoms with E-state index in [4.69, 9.17) is 0 Å². The summed E-state index contributed by atoms with van der Waals surface area (Å²) in [5.74, 6) is 0.0504. The molecule has 2 heterocycles. The first kappa shape index (κ1) is 20.4. The van der Waals surface area contributed by atoms with Crippen LogP contribution in [0.25, 0.3) is 0 Å². The number of hydrazine groups is 1. The number of nitrogens with one attached hydrogen (secondary N) is 1. The third-order valence-electron chi connectivity index (χ3n) is 3.88. The number of alkyl halides is 3. The molecule has 24 heavy (non-hydrogen) atoms. The van der Waals surface area contributed by atoms with E-state index < -0.39 is 11.7 Å². The largest absolute Gasteiger partial charge is 0.417 e. The van der Waals surface area contributed by atoms with Gasteiger partial charge in [-0.25, -0.2) is 5.43 Å². The van der Waals surface area contributed by atoms with Gasteiger partial charge < -0.3 is 0 Å². The van der Waals surface area contributed by atoms with E-state index in [0.717, 1.165) is 25.1 Å². The molecule has 3 rings (SSSR count). The van der Waals surface area contributed by atoms with E-state index in [2.05, 4.69) is 10.4 Å². The van der Waals surface area contributed by atoms with Crippen LogP contribution in [0.15, 0.2) is 18.3 Å². The molecule has 2 fully saturated rings. The molecule has 7 heteroatoms. The van der Waals surface area contributed by atoms with Crippen LogP contribution in [0.1, 0.15) is 58.2 Å². The predicted octanol–water partition coefficient (Wildman–Crippen LogP) is 4.17. The summed E-state index contributed by atoms with van der Waals surface area (Å²) in [5, 5.41) is 1.56. The van der Waals surface area contributed by atoms with Crippen molar-refractivity contribution >= 4 is 5.91 Å². The molecule has 2 aliphatic rings. The van der Waals surface area contributed by atoms with Crippen molar-refractivity contribution in [3.63, 3.8) is 0 Å². The standard InChI is InChI=1S/C13H14F3N3O.2C2H6/c14-13(15,16)9-1-2-10(17-6-9)7-18-19-8-12(3-4-12)5-11(19)20;2*1-2/h1-2,6,18H,3-5,7-8H2;2*1-2H3. The zero-order chi connectivity index (χ0) is 18.4. The molecule has 1 saturated heterocycles. The molecule has 0 aromatic carbocycles. The highest BCUT2D eigenvalue weighted by Crippen LogP contribution is 2.52. The number of carbonyl (C=O) groups excluding carboxylic acids is 1. The van der Waals surface area contributed by atoms with Crippen LogP contribution >= 0.6 is 0 Å². The second-order valence-electron chi connectivity index (χ2n) is 5.53. The summed E-state index contributed by atoms with van der Waals surface area (Å²) < 4.78 is 37.2. The van der Waals surface area contributed by atoms with Gasteiger partial charge in [-0.15, -0.1) is 0 Å². The van der Waals surface area contributed by atoms with E-state index in [-0.39, 0.29) is 17.9 Å². The lowest BCUT2D eigenvalue weighted by atomic mass is 10.1. The second kappa shape index (κ2) is 8.46. The van der Waals surface area contributed by atoms with E-state index in [9.17, 15) is 18.0 Å². The lowest BCUT2D eigenvalue weighted by Crippen LogP contribution is -2.39. The smallest absolute Gasteiger partial charge is 0.277 e. The van der Waals surface area contributed by atoms with Crippen molar-refractivity contribution in [2.75, 3.05) is 6.54 Å². The number of hydrogen-bond acceptors (Lipinski definition) is 3. The minimum absolute atomic E-state index is 0.0504. The fourth-order valence-electron chi connectivity index (χ4n) is 2.42. The minimum Gasteiger partial charge on any atom is -0.277 e. The van der Waals surface area contributed by atoms with Crippen LogP contribution in [0.2, 0.25) is 0 Å². The third-order valence-corrected chi connectivity index (χ3v) is 3.88. The van der Waals surface area contributed by atoms with E-state index >= 15 is 0 Å². The van der Waals surface area contributed by atoms with Crippen LogP contribution in [-0.4, -0.2) is 22.4 Å². The molecular formula is C17H26F3N3O. The Kier molecular flexibility index (Phi) is 7.20. The molecular weight excluding hydrogens is 319 g/mol. The Bertz CT molecular complexity index is 525. The SMILES string of the molecule is CC.CC.O=C1CC2(CC2)CN1NCc1ccc(C(F)(F)F)cn1. The van der Waals surface area contributed by atoms with Gasteiger partial charge in [-0.3, -0.25) is 14.8 Å². The molecule has 1 aromatic heterocycles. The van der Waals surface area contributed by atoms with Crippen molar-refractivity contribution in [3.8, 4) is 0 Å². The molecule has 0 atom stereocenters. The Hall–Kier alpha value is -1.63. The van der Waals surface area contributed by atoms with Gasteiger partial charge in [0, 0.05) is 19.2 Å². The van der Waals surface area contributed by atoms with E-state index in [1.165, 1.54) is 6.07 Å². The van der Waals surface area contributed by atoms with Gasteiger partial charge in [0.05, 0.1) is 17.8 Å². The number of carbonyl (C=O) groups is 1. The van der Waals surface area contributed by atoms with Crippen molar-refractivity contribution in [1.82, 2.24) is 15.4 Å². The Balaban J connectivity index is 0.000000671. The van der Waals surface area contributed by atoms with E-state index in [1.54, 1.807) is 5.01 Å². The van der Waals surface area contributed by atoms with Crippen LogP contribution in [0.4, 0.5) is 13.2 Å². The molecule has 0 radical (unpaired) electrons. The van der Waals surface area contributed by atoms with Gasteiger partial charge >= 0.3 is 6.18 Å². The summed E-state index contributed by atoms with van der Waals surface area (Å²) in [7, 11) is 0. The van der Waals surface area contributed by atoms with E-state index in [1.807, 2.05) is 27.7 Å². The van der Waals surface area contributed by atoms with E-state index in [0.29, 0.717) is 18.7 Å². The number of hydrogen-bond donors (Lipinski definition) is 1. The van der Waals surface area contributed by atoms with Crippen molar-refractivity contribution in [3.05, 3.63) is 29.6 Å². The van der Waals surface area contributed by atoms with Crippen LogP contribution in [-0.2, 0) is 17.5 Å². The van der Waals surface area contributed by atoms with Gasteiger partial charge in [0.2, 0.25) is 5.91 Å². The average Bonchev–Trinajstić information content (AvgIpc) is 3.25. The van der Waals surface area contributed by atoms with Crippen LogP contribution in [0, 0.1) is 5.41 Å². The van der Waals surface area contributed by atoms with Crippen molar-refractivity contribution in [2.45, 2.75) is 59.7 Å². The van der Waals surface area contributed by atoms with Crippen molar-refractivity contribution in [2.24, 2.45) is 5.41 Å². The molecule has 0 bridgehead atoms. The number of rotatable bonds is 3. The first-order valence-electron chi connectivity index (χ1n) is 8.44. The normalized spacial score (nSPS) is 17.8. The van der Waals surface area contributed by atoms with Gasteiger partial charge in [-0.05, 0) is 30.4 Å². The molecule has 136 valence electrons. The molecule has 1 N–H and O–H groups in total. The van der Waals surface area contributed by atoms with Crippen LogP contribution in [0.3, 0.4) is 0 Å². The molecule has 0 unspecified atom stereocenters. The van der Waals surface area contributed by atoms with Gasteiger partial charge in [0.25, 0.3) is 0 Å². The summed E-state index contributed by atoms with van der Waals surface area (Å²) in [6.45, 7) is 8.94. The zero-order valence-electron chi connectivity index (χ0n) is 14.7. The summed E-state index contributed by atoms with van der Waals surface area (Å²) in [6.07, 6.45) is -0.835. The molecule has 4 nitrogen and oxygen atoms in total. The molecule has 1 aliphatic heterocycles. The van der Waals surface area contributed by atoms with Crippen LogP contribution < -0.4 is 5.43 Å². The molecule has 1 amide bonds. The fraction of sp³-hybridized carbons (Fsp3) is 0.647. The highest BCUT2D eigenvalue weighted by Gasteiger charge is 2.51. The maximum Gasteiger partial charge on any atom is 0.417 e. The number of pyridine rings is 1. The number of halogens is 3. The summed E-state index contributed by atoms with van der Waals surface area (Å²) in [6, 6.07) is 2.32. The fourth-order valence-corrected chi connectivity index (χ4v) is 2.42. The second-order valence-corrected chi connectivity index (χ2v) is 5.53. The Morgan fingerprint density at radius 2 is 1.83 bits per heavy atom. The number of aromatic nitrogens is 1. The van der Waals surface area contributed by atoms with Gasteiger partial charge in [-0.1, -0.05) is 27.7 Å². The minimum atomic E-state index is -4.37. The topological polar surface area (TPSA) is 45.2 Å². The molecule has 1 saturated carbocycles. The first-order valence-corrected chi connectivity index (χ1v) is 8.44. The number of nitrogens with zero attached hydrogens (tertiary/aromatic N) is 2. The van der Waals surface area contributed by atoms with Gasteiger partial charge in [-0.2, -0.15) is 13.2 Å².